The van der Waals surface area contributed by atoms with Gasteiger partial charge in [0.2, 0.25) is 16.8 Å². The van der Waals surface area contributed by atoms with Crippen LogP contribution in [0.2, 0.25) is 5.02 Å². The maximum atomic E-state index is 13.0. The Balaban J connectivity index is 1.62. The molecule has 3 rings (SSSR count). The van der Waals surface area contributed by atoms with Crippen molar-refractivity contribution in [2.24, 2.45) is 5.92 Å². The first kappa shape index (κ1) is 24.2. The quantitative estimate of drug-likeness (QED) is 0.291. The third-order valence-electron chi connectivity index (χ3n) is 4.91. The number of rotatable bonds is 10. The normalized spacial score (nSPS) is 14.9. The number of ether oxygens (including phenoxy) is 3. The summed E-state index contributed by atoms with van der Waals surface area (Å²) >= 11 is 6.13. The van der Waals surface area contributed by atoms with Gasteiger partial charge in [0.15, 0.2) is 0 Å². The lowest BCUT2D eigenvalue weighted by Crippen LogP contribution is -2.48. The van der Waals surface area contributed by atoms with Gasteiger partial charge in [-0.2, -0.15) is 4.31 Å². The van der Waals surface area contributed by atoms with Crippen LogP contribution in [0.3, 0.4) is 0 Å². The van der Waals surface area contributed by atoms with Gasteiger partial charge in [-0.3, -0.25) is 4.79 Å². The van der Waals surface area contributed by atoms with Crippen LogP contribution in [0.1, 0.15) is 13.8 Å². The molecule has 0 spiro atoms. The van der Waals surface area contributed by atoms with Crippen molar-refractivity contribution >= 4 is 33.8 Å². The molecule has 0 saturated carbocycles. The Hall–Kier alpha value is -2.49. The van der Waals surface area contributed by atoms with Gasteiger partial charge in [0.1, 0.15) is 11.5 Å². The Morgan fingerprint density at radius 3 is 2.34 bits per heavy atom. The van der Waals surface area contributed by atoms with Crippen molar-refractivity contribution in [3.63, 3.8) is 0 Å². The molecule has 2 aromatic carbocycles. The van der Waals surface area contributed by atoms with E-state index in [4.69, 9.17) is 21.1 Å². The minimum atomic E-state index is -3.59. The van der Waals surface area contributed by atoms with Crippen LogP contribution in [-0.2, 0) is 19.6 Å². The molecule has 0 N–H and O–H groups in total. The molecule has 0 aliphatic carbocycles. The lowest BCUT2D eigenvalue weighted by Gasteiger charge is -2.35. The van der Waals surface area contributed by atoms with Crippen LogP contribution in [-0.4, -0.2) is 58.8 Å². The highest BCUT2D eigenvalue weighted by molar-refractivity contribution is 7.89. The van der Waals surface area contributed by atoms with E-state index in [1.54, 1.807) is 36.4 Å². The third-order valence-corrected chi connectivity index (χ3v) is 7.14. The number of hydrogen-bond acceptors (Lipinski definition) is 7. The molecule has 1 saturated heterocycles. The first-order chi connectivity index (χ1) is 15.3. The minimum Gasteiger partial charge on any atom is -0.493 e. The van der Waals surface area contributed by atoms with Crippen LogP contribution in [0.25, 0.3) is 0 Å². The molecule has 1 aliphatic heterocycles. The average Bonchev–Trinajstić information content (AvgIpc) is 2.79. The van der Waals surface area contributed by atoms with Crippen LogP contribution in [0.15, 0.2) is 47.4 Å². The van der Waals surface area contributed by atoms with E-state index >= 15 is 0 Å². The Morgan fingerprint density at radius 1 is 1.03 bits per heavy atom. The second-order valence-electron chi connectivity index (χ2n) is 7.71. The van der Waals surface area contributed by atoms with Crippen molar-refractivity contribution in [2.45, 2.75) is 18.7 Å². The first-order valence-corrected chi connectivity index (χ1v) is 12.1. The van der Waals surface area contributed by atoms with E-state index < -0.39 is 10.0 Å². The summed E-state index contributed by atoms with van der Waals surface area (Å²) in [6.45, 7) is 6.47. The zero-order chi connectivity index (χ0) is 23.1. The van der Waals surface area contributed by atoms with Crippen LogP contribution in [0, 0.1) is 5.92 Å². The zero-order valence-corrected chi connectivity index (χ0v) is 19.6. The molecule has 32 heavy (non-hydrogen) atoms. The number of sulfonamides is 1. The zero-order valence-electron chi connectivity index (χ0n) is 18.1. The Bertz CT molecular complexity index is 1010. The summed E-state index contributed by atoms with van der Waals surface area (Å²) < 4.78 is 43.1. The van der Waals surface area contributed by atoms with Crippen LogP contribution >= 0.6 is 11.6 Å². The van der Waals surface area contributed by atoms with Crippen LogP contribution in [0.5, 0.6) is 11.5 Å². The molecule has 2 aromatic rings. The van der Waals surface area contributed by atoms with Crippen LogP contribution in [0.4, 0.5) is 5.69 Å². The highest BCUT2D eigenvalue weighted by Crippen LogP contribution is 2.31. The van der Waals surface area contributed by atoms with E-state index in [1.807, 2.05) is 6.07 Å². The van der Waals surface area contributed by atoms with Gasteiger partial charge in [0.25, 0.3) is 6.47 Å². The first-order valence-electron chi connectivity index (χ1n) is 10.3. The monoisotopic (exact) mass is 482 g/mol. The number of piperazine rings is 1. The van der Waals surface area contributed by atoms with Gasteiger partial charge in [-0.15, -0.1) is 0 Å². The van der Waals surface area contributed by atoms with Crippen molar-refractivity contribution in [3.05, 3.63) is 47.5 Å². The number of carbonyl (C=O) groups excluding carboxylic acids is 1. The Labute approximate surface area is 193 Å². The fourth-order valence-electron chi connectivity index (χ4n) is 3.23. The lowest BCUT2D eigenvalue weighted by atomic mass is 10.2. The maximum absolute atomic E-state index is 13.0. The molecule has 10 heteroatoms. The van der Waals surface area contributed by atoms with Crippen molar-refractivity contribution in [1.29, 1.82) is 0 Å². The molecule has 1 fully saturated rings. The van der Waals surface area contributed by atoms with Gasteiger partial charge in [0.05, 0.1) is 16.5 Å². The average molecular weight is 483 g/mol. The predicted molar refractivity (Wildman–Crippen MR) is 122 cm³/mol. The standard InChI is InChI=1S/C22H27ClN2O6S/c1-17(2)14-30-19-4-6-20(7-5-19)32(27,28)25-11-9-24(10-12-25)18-3-8-21(23)22(13-18)31-16-29-15-26/h3-8,13,15,17H,9-12,14,16H2,1-2H3. The molecule has 8 nitrogen and oxygen atoms in total. The van der Waals surface area contributed by atoms with E-state index in [1.165, 1.54) is 4.31 Å². The van der Waals surface area contributed by atoms with E-state index in [9.17, 15) is 13.2 Å². The molecular formula is C22H27ClN2O6S. The largest absolute Gasteiger partial charge is 0.493 e. The number of benzene rings is 2. The predicted octanol–water partition coefficient (Wildman–Crippen LogP) is 3.40. The molecule has 1 aliphatic rings. The summed E-state index contributed by atoms with van der Waals surface area (Å²) in [5.41, 5.74) is 0.846. The molecular weight excluding hydrogens is 456 g/mol. The third kappa shape index (κ3) is 6.05. The smallest absolute Gasteiger partial charge is 0.295 e. The van der Waals surface area contributed by atoms with E-state index in [0.29, 0.717) is 61.7 Å². The van der Waals surface area contributed by atoms with Gasteiger partial charge < -0.3 is 19.1 Å². The van der Waals surface area contributed by atoms with E-state index in [-0.39, 0.29) is 11.7 Å². The number of nitrogens with zero attached hydrogens (tertiary/aromatic N) is 2. The summed E-state index contributed by atoms with van der Waals surface area (Å²) in [7, 11) is -3.59. The lowest BCUT2D eigenvalue weighted by molar-refractivity contribution is -0.134. The second-order valence-corrected chi connectivity index (χ2v) is 10.1. The number of halogens is 1. The number of hydrogen-bond donors (Lipinski definition) is 0. The summed E-state index contributed by atoms with van der Waals surface area (Å²) in [6.07, 6.45) is 0. The fourth-order valence-corrected chi connectivity index (χ4v) is 4.83. The second kappa shape index (κ2) is 10.9. The van der Waals surface area contributed by atoms with Crippen molar-refractivity contribution < 1.29 is 27.4 Å². The molecule has 1 heterocycles. The molecule has 0 unspecified atom stereocenters. The summed E-state index contributed by atoms with van der Waals surface area (Å²) in [4.78, 5) is 12.6. The van der Waals surface area contributed by atoms with Gasteiger partial charge in [0, 0.05) is 37.9 Å². The van der Waals surface area contributed by atoms with Crippen molar-refractivity contribution in [3.8, 4) is 11.5 Å². The highest BCUT2D eigenvalue weighted by Gasteiger charge is 2.29. The van der Waals surface area contributed by atoms with Gasteiger partial charge in [-0.25, -0.2) is 8.42 Å². The van der Waals surface area contributed by atoms with Crippen LogP contribution < -0.4 is 14.4 Å². The molecule has 0 amide bonds. The van der Waals surface area contributed by atoms with Crippen molar-refractivity contribution in [2.75, 3.05) is 44.5 Å². The number of anilines is 1. The molecule has 174 valence electrons. The van der Waals surface area contributed by atoms with Gasteiger partial charge in [-0.1, -0.05) is 25.4 Å². The summed E-state index contributed by atoms with van der Waals surface area (Å²) in [5, 5.41) is 0.394. The molecule has 0 radical (unpaired) electrons. The maximum Gasteiger partial charge on any atom is 0.295 e. The Kier molecular flexibility index (Phi) is 8.22. The van der Waals surface area contributed by atoms with E-state index in [2.05, 4.69) is 23.5 Å². The van der Waals surface area contributed by atoms with Gasteiger partial charge in [-0.05, 0) is 42.3 Å². The molecule has 0 aromatic heterocycles. The molecule has 0 atom stereocenters. The van der Waals surface area contributed by atoms with Crippen molar-refractivity contribution in [1.82, 2.24) is 4.31 Å². The topological polar surface area (TPSA) is 85.4 Å². The highest BCUT2D eigenvalue weighted by atomic mass is 35.5. The van der Waals surface area contributed by atoms with E-state index in [0.717, 1.165) is 5.69 Å². The summed E-state index contributed by atoms with van der Waals surface area (Å²) in [5.74, 6) is 1.44. The molecule has 0 bridgehead atoms. The minimum absolute atomic E-state index is 0.236. The Morgan fingerprint density at radius 2 is 1.72 bits per heavy atom. The van der Waals surface area contributed by atoms with Gasteiger partial charge >= 0.3 is 0 Å². The number of carbonyl (C=O) groups is 1. The SMILES string of the molecule is CC(C)COc1ccc(S(=O)(=O)N2CCN(c3ccc(Cl)c(OCOC=O)c3)CC2)cc1. The summed E-state index contributed by atoms with van der Waals surface area (Å²) in [6, 6.07) is 11.8. The fraction of sp³-hybridized carbons (Fsp3) is 0.409.